The number of benzene rings is 1. The van der Waals surface area contributed by atoms with E-state index < -0.39 is 17.8 Å². The number of aromatic nitrogens is 1. The minimum absolute atomic E-state index is 0.236. The summed E-state index contributed by atoms with van der Waals surface area (Å²) in [6.07, 6.45) is -2.20. The lowest BCUT2D eigenvalue weighted by Crippen LogP contribution is -2.40. The average molecular weight is 379 g/mol. The molecule has 4 rings (SSSR count). The summed E-state index contributed by atoms with van der Waals surface area (Å²) in [4.78, 5) is 4.59. The molecule has 2 aromatic rings. The van der Waals surface area contributed by atoms with Gasteiger partial charge in [-0.1, -0.05) is 36.8 Å². The summed E-state index contributed by atoms with van der Waals surface area (Å²) < 4.78 is 40.4. The number of alkyl halides is 3. The van der Waals surface area contributed by atoms with Gasteiger partial charge in [0.2, 0.25) is 5.13 Å². The molecule has 0 N–H and O–H groups in total. The first kappa shape index (κ1) is 17.5. The lowest BCUT2D eigenvalue weighted by molar-refractivity contribution is -0.0631. The Morgan fingerprint density at radius 1 is 1.15 bits per heavy atom. The molecule has 0 spiro atoms. The van der Waals surface area contributed by atoms with E-state index in [-0.39, 0.29) is 6.04 Å². The van der Waals surface area contributed by atoms with Gasteiger partial charge in [-0.2, -0.15) is 18.3 Å². The molecule has 1 fully saturated rings. The molecule has 2 aliphatic rings. The van der Waals surface area contributed by atoms with Crippen LogP contribution in [-0.4, -0.2) is 22.9 Å². The molecule has 7 heteroatoms. The number of halogens is 3. The van der Waals surface area contributed by atoms with Crippen molar-refractivity contribution in [2.45, 2.75) is 45.3 Å². The third-order valence-electron chi connectivity index (χ3n) is 5.28. The molecule has 0 radical (unpaired) electrons. The number of anilines is 1. The highest BCUT2D eigenvalue weighted by Crippen LogP contribution is 2.44. The number of rotatable bonds is 2. The third kappa shape index (κ3) is 3.13. The Hall–Kier alpha value is -1.89. The van der Waals surface area contributed by atoms with E-state index in [2.05, 4.69) is 10.1 Å². The second-order valence-corrected chi connectivity index (χ2v) is 8.14. The van der Waals surface area contributed by atoms with Crippen LogP contribution >= 0.6 is 11.3 Å². The number of hydrogen-bond acceptors (Lipinski definition) is 4. The van der Waals surface area contributed by atoms with E-state index in [1.165, 1.54) is 16.3 Å². The molecule has 0 amide bonds. The van der Waals surface area contributed by atoms with E-state index in [0.29, 0.717) is 23.9 Å². The van der Waals surface area contributed by atoms with Crippen molar-refractivity contribution in [2.75, 3.05) is 5.01 Å². The van der Waals surface area contributed by atoms with E-state index in [4.69, 9.17) is 0 Å². The third-order valence-corrected chi connectivity index (χ3v) is 6.11. The lowest BCUT2D eigenvalue weighted by Gasteiger charge is -2.33. The Labute approximate surface area is 154 Å². The second-order valence-electron chi connectivity index (χ2n) is 7.30. The summed E-state index contributed by atoms with van der Waals surface area (Å²) in [5.74, 6) is -0.256. The number of thiazole rings is 1. The van der Waals surface area contributed by atoms with Crippen molar-refractivity contribution in [2.24, 2.45) is 16.9 Å². The topological polar surface area (TPSA) is 28.5 Å². The zero-order chi connectivity index (χ0) is 18.5. The number of hydrogen-bond donors (Lipinski definition) is 0. The fourth-order valence-corrected chi connectivity index (χ4v) is 4.73. The van der Waals surface area contributed by atoms with Gasteiger partial charge in [-0.05, 0) is 32.1 Å². The van der Waals surface area contributed by atoms with Crippen LogP contribution in [0, 0.1) is 18.8 Å². The predicted octanol–water partition coefficient (Wildman–Crippen LogP) is 5.66. The molecule has 0 unspecified atom stereocenters. The first-order valence-corrected chi connectivity index (χ1v) is 9.68. The normalized spacial score (nSPS) is 26.0. The van der Waals surface area contributed by atoms with Gasteiger partial charge in [-0.15, -0.1) is 11.3 Å². The van der Waals surface area contributed by atoms with Crippen LogP contribution in [0.2, 0.25) is 0 Å². The Morgan fingerprint density at radius 3 is 2.58 bits per heavy atom. The summed E-state index contributed by atoms with van der Waals surface area (Å²) in [5.41, 5.74) is 2.26. The van der Waals surface area contributed by atoms with Crippen molar-refractivity contribution >= 4 is 22.2 Å². The Bertz CT molecular complexity index is 825. The molecular formula is C19H20F3N3S. The smallest absolute Gasteiger partial charge is 0.235 e. The van der Waals surface area contributed by atoms with E-state index in [0.717, 1.165) is 23.2 Å². The van der Waals surface area contributed by atoms with Crippen LogP contribution in [0.15, 0.2) is 34.7 Å². The maximum Gasteiger partial charge on any atom is 0.431 e. The van der Waals surface area contributed by atoms with Crippen molar-refractivity contribution in [3.63, 3.8) is 0 Å². The molecule has 2 heterocycles. The maximum absolute atomic E-state index is 13.5. The van der Waals surface area contributed by atoms with Gasteiger partial charge in [0, 0.05) is 16.9 Å². The predicted molar refractivity (Wildman–Crippen MR) is 98.5 cm³/mol. The Balaban J connectivity index is 1.66. The molecule has 0 bridgehead atoms. The molecule has 1 aromatic heterocycles. The quantitative estimate of drug-likeness (QED) is 0.673. The van der Waals surface area contributed by atoms with Crippen LogP contribution in [0.25, 0.3) is 11.3 Å². The van der Waals surface area contributed by atoms with E-state index >= 15 is 0 Å². The van der Waals surface area contributed by atoms with Crippen LogP contribution in [0.3, 0.4) is 0 Å². The highest BCUT2D eigenvalue weighted by Gasteiger charge is 2.52. The average Bonchev–Trinajstić information content (AvgIpc) is 3.19. The largest absolute Gasteiger partial charge is 0.431 e. The Kier molecular flexibility index (Phi) is 4.29. The van der Waals surface area contributed by atoms with Crippen molar-refractivity contribution in [1.29, 1.82) is 0 Å². The Morgan fingerprint density at radius 2 is 1.88 bits per heavy atom. The van der Waals surface area contributed by atoms with Gasteiger partial charge in [0.1, 0.15) is 5.71 Å². The van der Waals surface area contributed by atoms with Gasteiger partial charge in [-0.3, -0.25) is 0 Å². The first-order valence-electron chi connectivity index (χ1n) is 8.80. The molecule has 0 saturated heterocycles. The number of hydrazone groups is 1. The minimum Gasteiger partial charge on any atom is -0.235 e. The highest BCUT2D eigenvalue weighted by atomic mass is 32.1. The van der Waals surface area contributed by atoms with E-state index in [1.54, 1.807) is 0 Å². The van der Waals surface area contributed by atoms with Crippen molar-refractivity contribution in [1.82, 2.24) is 4.98 Å². The molecule has 138 valence electrons. The molecular weight excluding hydrogens is 359 g/mol. The van der Waals surface area contributed by atoms with Gasteiger partial charge in [-0.25, -0.2) is 9.99 Å². The maximum atomic E-state index is 13.5. The van der Waals surface area contributed by atoms with Crippen LogP contribution in [-0.2, 0) is 0 Å². The fraction of sp³-hybridized carbons (Fsp3) is 0.474. The summed E-state index contributed by atoms with van der Waals surface area (Å²) in [7, 11) is 0. The molecule has 3 atom stereocenters. The summed E-state index contributed by atoms with van der Waals surface area (Å²) in [6.45, 7) is 4.03. The lowest BCUT2D eigenvalue weighted by atomic mass is 9.77. The van der Waals surface area contributed by atoms with Crippen molar-refractivity contribution in [3.05, 3.63) is 35.2 Å². The van der Waals surface area contributed by atoms with Crippen molar-refractivity contribution < 1.29 is 13.2 Å². The summed E-state index contributed by atoms with van der Waals surface area (Å²) >= 11 is 1.36. The SMILES string of the molecule is Cc1ccc(-c2csc(N3N=C(C(F)(F)F)[C@@H]4C[C@H](C)CC[C@@H]43)n2)cc1. The van der Waals surface area contributed by atoms with E-state index in [1.807, 2.05) is 43.5 Å². The zero-order valence-electron chi connectivity index (χ0n) is 14.6. The first-order chi connectivity index (χ1) is 12.3. The molecule has 1 aromatic carbocycles. The second kappa shape index (κ2) is 6.37. The molecule has 1 aliphatic heterocycles. The minimum atomic E-state index is -4.38. The molecule has 1 saturated carbocycles. The molecule has 3 nitrogen and oxygen atoms in total. The van der Waals surface area contributed by atoms with Crippen LogP contribution in [0.1, 0.15) is 31.7 Å². The van der Waals surface area contributed by atoms with Crippen LogP contribution in [0.4, 0.5) is 18.3 Å². The zero-order valence-corrected chi connectivity index (χ0v) is 15.4. The summed E-state index contributed by atoms with van der Waals surface area (Å²) in [5, 5.41) is 7.97. The van der Waals surface area contributed by atoms with Crippen LogP contribution < -0.4 is 5.01 Å². The van der Waals surface area contributed by atoms with Gasteiger partial charge >= 0.3 is 6.18 Å². The van der Waals surface area contributed by atoms with Crippen LogP contribution in [0.5, 0.6) is 0 Å². The van der Waals surface area contributed by atoms with Gasteiger partial charge in [0.15, 0.2) is 0 Å². The van der Waals surface area contributed by atoms with Gasteiger partial charge in [0.05, 0.1) is 11.7 Å². The van der Waals surface area contributed by atoms with Gasteiger partial charge in [0.25, 0.3) is 0 Å². The number of aryl methyl sites for hydroxylation is 1. The molecule has 26 heavy (non-hydrogen) atoms. The monoisotopic (exact) mass is 379 g/mol. The van der Waals surface area contributed by atoms with Crippen molar-refractivity contribution in [3.8, 4) is 11.3 Å². The number of nitrogens with zero attached hydrogens (tertiary/aromatic N) is 3. The number of fused-ring (bicyclic) bond motifs is 1. The summed E-state index contributed by atoms with van der Waals surface area (Å²) in [6, 6.07) is 7.73. The fourth-order valence-electron chi connectivity index (χ4n) is 3.89. The molecule has 1 aliphatic carbocycles. The highest BCUT2D eigenvalue weighted by molar-refractivity contribution is 7.14. The van der Waals surface area contributed by atoms with Gasteiger partial charge < -0.3 is 0 Å². The standard InChI is InChI=1S/C19H20F3N3S/c1-11-3-6-13(7-4-11)15-10-26-18(23-15)25-16-8-5-12(2)9-14(16)17(24-25)19(20,21)22/h3-4,6-7,10,12,14,16H,5,8-9H2,1-2H3/t12-,14-,16+/m1/s1. The van der Waals surface area contributed by atoms with E-state index in [9.17, 15) is 13.2 Å².